The number of thiophene rings is 1. The van der Waals surface area contributed by atoms with Crippen LogP contribution in [0.3, 0.4) is 0 Å². The summed E-state index contributed by atoms with van der Waals surface area (Å²) in [6.07, 6.45) is 1.67. The predicted octanol–water partition coefficient (Wildman–Crippen LogP) is 4.69. The molecule has 0 saturated heterocycles. The molecule has 0 atom stereocenters. The molecule has 4 aromatic rings. The molecule has 0 radical (unpaired) electrons. The van der Waals surface area contributed by atoms with E-state index in [-0.39, 0.29) is 11.7 Å². The Balaban J connectivity index is 1.55. The van der Waals surface area contributed by atoms with Gasteiger partial charge in [0.05, 0.1) is 10.4 Å². The minimum absolute atomic E-state index is 0.209. The van der Waals surface area contributed by atoms with Crippen LogP contribution in [0.4, 0.5) is 9.52 Å². The van der Waals surface area contributed by atoms with Gasteiger partial charge in [0, 0.05) is 16.5 Å². The highest BCUT2D eigenvalue weighted by Gasteiger charge is 2.13. The van der Waals surface area contributed by atoms with Gasteiger partial charge in [-0.25, -0.2) is 4.39 Å². The maximum absolute atomic E-state index is 13.5. The van der Waals surface area contributed by atoms with E-state index in [1.54, 1.807) is 24.4 Å². The Hall–Kier alpha value is -2.36. The number of nitrogens with zero attached hydrogens (tertiary/aromatic N) is 3. The summed E-state index contributed by atoms with van der Waals surface area (Å²) in [5.41, 5.74) is 0.710. The number of benzene rings is 1. The monoisotopic (exact) mass is 388 g/mol. The van der Waals surface area contributed by atoms with Gasteiger partial charge in [0.2, 0.25) is 5.13 Å². The van der Waals surface area contributed by atoms with Crippen molar-refractivity contribution in [1.29, 1.82) is 0 Å². The summed E-state index contributed by atoms with van der Waals surface area (Å²) < 4.78 is 14.2. The van der Waals surface area contributed by atoms with Gasteiger partial charge < -0.3 is 0 Å². The molecule has 1 N–H and O–H groups in total. The Morgan fingerprint density at radius 3 is 2.96 bits per heavy atom. The van der Waals surface area contributed by atoms with Gasteiger partial charge in [-0.1, -0.05) is 29.2 Å². The molecule has 1 amide bonds. The highest BCUT2D eigenvalue weighted by molar-refractivity contribution is 8.01. The van der Waals surface area contributed by atoms with Crippen LogP contribution in [0.2, 0.25) is 0 Å². The number of anilines is 1. The van der Waals surface area contributed by atoms with Gasteiger partial charge in [0.1, 0.15) is 5.82 Å². The number of fused-ring (bicyclic) bond motifs is 1. The zero-order valence-corrected chi connectivity index (χ0v) is 14.9. The first-order valence-corrected chi connectivity index (χ1v) is 9.61. The summed E-state index contributed by atoms with van der Waals surface area (Å²) in [4.78, 5) is 17.7. The molecule has 124 valence electrons. The number of rotatable bonds is 4. The second-order valence-electron chi connectivity index (χ2n) is 4.88. The van der Waals surface area contributed by atoms with Crippen LogP contribution in [0, 0.1) is 5.82 Å². The Morgan fingerprint density at radius 1 is 1.20 bits per heavy atom. The molecule has 0 fully saturated rings. The molecule has 3 aromatic heterocycles. The molecule has 0 saturated carbocycles. The van der Waals surface area contributed by atoms with E-state index in [0.29, 0.717) is 25.3 Å². The smallest absolute Gasteiger partial charge is 0.267 e. The maximum atomic E-state index is 13.5. The molecule has 0 unspecified atom stereocenters. The largest absolute Gasteiger partial charge is 0.296 e. The van der Waals surface area contributed by atoms with Crippen LogP contribution >= 0.6 is 34.4 Å². The Kier molecular flexibility index (Phi) is 4.43. The molecule has 9 heteroatoms. The number of amides is 1. The molecular formula is C16H9FN4OS3. The first-order chi connectivity index (χ1) is 12.2. The summed E-state index contributed by atoms with van der Waals surface area (Å²) in [5, 5.41) is 13.8. The van der Waals surface area contributed by atoms with E-state index in [4.69, 9.17) is 0 Å². The molecule has 0 aliphatic carbocycles. The summed E-state index contributed by atoms with van der Waals surface area (Å²) in [6, 6.07) is 9.83. The van der Waals surface area contributed by atoms with Crippen LogP contribution in [0.25, 0.3) is 10.9 Å². The number of halogens is 1. The van der Waals surface area contributed by atoms with Crippen molar-refractivity contribution in [2.75, 3.05) is 5.32 Å². The van der Waals surface area contributed by atoms with E-state index in [1.165, 1.54) is 46.6 Å². The number of nitrogens with one attached hydrogen (secondary N) is 1. The first-order valence-electron chi connectivity index (χ1n) is 7.09. The van der Waals surface area contributed by atoms with Crippen molar-refractivity contribution in [1.82, 2.24) is 15.2 Å². The molecule has 3 heterocycles. The van der Waals surface area contributed by atoms with E-state index >= 15 is 0 Å². The van der Waals surface area contributed by atoms with Crippen molar-refractivity contribution in [3.8, 4) is 0 Å². The van der Waals surface area contributed by atoms with Gasteiger partial charge in [-0.3, -0.25) is 15.1 Å². The van der Waals surface area contributed by atoms with Crippen LogP contribution < -0.4 is 5.32 Å². The molecule has 5 nitrogen and oxygen atoms in total. The normalized spacial score (nSPS) is 10.9. The standard InChI is InChI=1S/C16H9FN4OS3/c17-9-3-4-11-10(8-9)12(5-6-18-11)24-16-21-20-15(25-16)19-14(22)13-2-1-7-23-13/h1-8H,(H,19,20,22). The predicted molar refractivity (Wildman–Crippen MR) is 98.0 cm³/mol. The van der Waals surface area contributed by atoms with Gasteiger partial charge in [0.15, 0.2) is 4.34 Å². The fourth-order valence-corrected chi connectivity index (χ4v) is 4.58. The second kappa shape index (κ2) is 6.87. The molecule has 0 aliphatic rings. The summed E-state index contributed by atoms with van der Waals surface area (Å²) in [6.45, 7) is 0. The summed E-state index contributed by atoms with van der Waals surface area (Å²) in [7, 11) is 0. The molecular weight excluding hydrogens is 379 g/mol. The van der Waals surface area contributed by atoms with Gasteiger partial charge in [0.25, 0.3) is 5.91 Å². The fourth-order valence-electron chi connectivity index (χ4n) is 2.14. The van der Waals surface area contributed by atoms with Crippen molar-refractivity contribution in [2.24, 2.45) is 0 Å². The van der Waals surface area contributed by atoms with Crippen molar-refractivity contribution < 1.29 is 9.18 Å². The number of carbonyl (C=O) groups excluding carboxylic acids is 1. The van der Waals surface area contributed by atoms with Crippen LogP contribution in [0.15, 0.2) is 57.2 Å². The van der Waals surface area contributed by atoms with Gasteiger partial charge >= 0.3 is 0 Å². The Bertz CT molecular complexity index is 1050. The lowest BCUT2D eigenvalue weighted by atomic mass is 10.2. The lowest BCUT2D eigenvalue weighted by Crippen LogP contribution is -2.09. The minimum Gasteiger partial charge on any atom is -0.296 e. The third-order valence-electron chi connectivity index (χ3n) is 3.23. The summed E-state index contributed by atoms with van der Waals surface area (Å²) in [5.74, 6) is -0.525. The molecule has 0 aliphatic heterocycles. The van der Waals surface area contributed by atoms with E-state index in [2.05, 4.69) is 20.5 Å². The lowest BCUT2D eigenvalue weighted by Gasteiger charge is -2.03. The van der Waals surface area contributed by atoms with E-state index in [0.717, 1.165) is 4.90 Å². The topological polar surface area (TPSA) is 67.8 Å². The quantitative estimate of drug-likeness (QED) is 0.514. The number of hydrogen-bond donors (Lipinski definition) is 1. The number of carbonyl (C=O) groups is 1. The summed E-state index contributed by atoms with van der Waals surface area (Å²) >= 11 is 3.99. The van der Waals surface area contributed by atoms with Gasteiger partial charge in [-0.05, 0) is 35.7 Å². The van der Waals surface area contributed by atoms with Crippen LogP contribution in [-0.2, 0) is 0 Å². The number of hydrogen-bond acceptors (Lipinski definition) is 7. The molecule has 0 spiro atoms. The minimum atomic E-state index is -0.316. The fraction of sp³-hybridized carbons (Fsp3) is 0. The average Bonchev–Trinajstić information content (AvgIpc) is 3.27. The zero-order valence-electron chi connectivity index (χ0n) is 12.5. The molecule has 0 bridgehead atoms. The van der Waals surface area contributed by atoms with Crippen LogP contribution in [0.5, 0.6) is 0 Å². The van der Waals surface area contributed by atoms with E-state index in [9.17, 15) is 9.18 Å². The third-order valence-corrected chi connectivity index (χ3v) is 6.07. The third kappa shape index (κ3) is 3.53. The van der Waals surface area contributed by atoms with Gasteiger partial charge in [-0.15, -0.1) is 21.5 Å². The highest BCUT2D eigenvalue weighted by Crippen LogP contribution is 2.35. The average molecular weight is 388 g/mol. The Morgan fingerprint density at radius 2 is 2.12 bits per heavy atom. The van der Waals surface area contributed by atoms with Crippen LogP contribution in [-0.4, -0.2) is 21.1 Å². The lowest BCUT2D eigenvalue weighted by molar-refractivity contribution is 0.103. The van der Waals surface area contributed by atoms with Crippen molar-refractivity contribution in [2.45, 2.75) is 9.24 Å². The second-order valence-corrected chi connectivity index (χ2v) is 8.09. The SMILES string of the molecule is O=C(Nc1nnc(Sc2ccnc3ccc(F)cc23)s1)c1cccs1. The van der Waals surface area contributed by atoms with Crippen LogP contribution in [0.1, 0.15) is 9.67 Å². The van der Waals surface area contributed by atoms with Crippen molar-refractivity contribution in [3.63, 3.8) is 0 Å². The molecule has 25 heavy (non-hydrogen) atoms. The first kappa shape index (κ1) is 16.1. The maximum Gasteiger partial charge on any atom is 0.267 e. The highest BCUT2D eigenvalue weighted by atomic mass is 32.2. The molecule has 4 rings (SSSR count). The number of aromatic nitrogens is 3. The number of pyridine rings is 1. The van der Waals surface area contributed by atoms with E-state index < -0.39 is 0 Å². The van der Waals surface area contributed by atoms with Crippen molar-refractivity contribution >= 4 is 56.4 Å². The zero-order chi connectivity index (χ0) is 17.2. The van der Waals surface area contributed by atoms with Gasteiger partial charge in [-0.2, -0.15) is 0 Å². The van der Waals surface area contributed by atoms with Crippen molar-refractivity contribution in [3.05, 3.63) is 58.7 Å². The molecule has 1 aromatic carbocycles. The van der Waals surface area contributed by atoms with E-state index in [1.807, 2.05) is 11.4 Å². The Labute approximate surface area is 154 Å².